The van der Waals surface area contributed by atoms with Gasteiger partial charge in [-0.15, -0.1) is 0 Å². The zero-order valence-corrected chi connectivity index (χ0v) is 29.6. The number of benzene rings is 10. The molecule has 0 N–H and O–H groups in total. The van der Waals surface area contributed by atoms with Crippen LogP contribution in [0.2, 0.25) is 0 Å². The van der Waals surface area contributed by atoms with E-state index >= 15 is 0 Å². The van der Waals surface area contributed by atoms with Crippen LogP contribution in [0.5, 0.6) is 0 Å². The summed E-state index contributed by atoms with van der Waals surface area (Å²) in [7, 11) is 0. The van der Waals surface area contributed by atoms with Gasteiger partial charge in [0.25, 0.3) is 0 Å². The van der Waals surface area contributed by atoms with Crippen LogP contribution in [0.15, 0.2) is 176 Å². The quantitative estimate of drug-likeness (QED) is 0.169. The van der Waals surface area contributed by atoms with E-state index in [4.69, 9.17) is 4.98 Å². The maximum Gasteiger partial charge on any atom is 0.111 e. The van der Waals surface area contributed by atoms with Gasteiger partial charge < -0.3 is 0 Å². The number of aryl methyl sites for hydroxylation is 1. The molecule has 0 spiro atoms. The van der Waals surface area contributed by atoms with E-state index in [9.17, 15) is 0 Å². The number of hydrogen-bond acceptors (Lipinski definition) is 1. The van der Waals surface area contributed by atoms with E-state index in [1.807, 2.05) is 0 Å². The van der Waals surface area contributed by atoms with Crippen molar-refractivity contribution < 1.29 is 0 Å². The summed E-state index contributed by atoms with van der Waals surface area (Å²) in [5.41, 5.74) is 8.08. The van der Waals surface area contributed by atoms with Gasteiger partial charge in [0.05, 0.1) is 11.0 Å². The second-order valence-corrected chi connectivity index (χ2v) is 14.7. The van der Waals surface area contributed by atoms with Crippen LogP contribution < -0.4 is 0 Å². The molecule has 0 fully saturated rings. The lowest BCUT2D eigenvalue weighted by molar-refractivity contribution is 1.00. The van der Waals surface area contributed by atoms with Crippen molar-refractivity contribution in [3.63, 3.8) is 0 Å². The molecule has 0 bridgehead atoms. The molecule has 0 saturated heterocycles. The van der Waals surface area contributed by atoms with E-state index in [1.54, 1.807) is 0 Å². The number of para-hydroxylation sites is 1. The van der Waals surface area contributed by atoms with Crippen molar-refractivity contribution >= 4 is 86.4 Å². The Kier molecular flexibility index (Phi) is 6.01. The molecule has 0 aliphatic carbocycles. The molecule has 2 heteroatoms. The van der Waals surface area contributed by atoms with Crippen LogP contribution in [0.25, 0.3) is 114 Å². The number of aromatic nitrogens is 2. The molecule has 12 aromatic rings. The molecular formula is C52H32N2. The lowest BCUT2D eigenvalue weighted by atomic mass is 9.85. The lowest BCUT2D eigenvalue weighted by Gasteiger charge is -2.18. The molecule has 2 nitrogen and oxygen atoms in total. The van der Waals surface area contributed by atoms with Crippen LogP contribution in [0, 0.1) is 6.92 Å². The Morgan fingerprint density at radius 1 is 0.370 bits per heavy atom. The van der Waals surface area contributed by atoms with Gasteiger partial charge in [0.1, 0.15) is 5.82 Å². The Bertz CT molecular complexity index is 3490. The Labute approximate surface area is 311 Å². The maximum atomic E-state index is 5.02. The Morgan fingerprint density at radius 2 is 0.889 bits per heavy atom. The number of hydrogen-bond donors (Lipinski definition) is 0. The third-order valence-corrected chi connectivity index (χ3v) is 11.8. The molecule has 54 heavy (non-hydrogen) atoms. The van der Waals surface area contributed by atoms with Gasteiger partial charge in [-0.3, -0.25) is 4.57 Å². The first kappa shape index (κ1) is 29.5. The minimum Gasteiger partial charge on any atom is -0.297 e. The van der Waals surface area contributed by atoms with Crippen LogP contribution in [-0.2, 0) is 0 Å². The average molecular weight is 685 g/mol. The number of imidazole rings is 1. The van der Waals surface area contributed by atoms with Crippen molar-refractivity contribution in [1.29, 1.82) is 0 Å². The number of nitrogens with zero attached hydrogens (tertiary/aromatic N) is 2. The Hall–Kier alpha value is -7.03. The first-order valence-electron chi connectivity index (χ1n) is 18.7. The highest BCUT2D eigenvalue weighted by atomic mass is 15.1. The van der Waals surface area contributed by atoms with E-state index in [1.165, 1.54) is 97.7 Å². The highest BCUT2D eigenvalue weighted by Gasteiger charge is 2.18. The van der Waals surface area contributed by atoms with E-state index in [-0.39, 0.29) is 0 Å². The minimum atomic E-state index is 0.982. The van der Waals surface area contributed by atoms with Gasteiger partial charge in [-0.1, -0.05) is 140 Å². The molecule has 12 rings (SSSR count). The van der Waals surface area contributed by atoms with Gasteiger partial charge in [0, 0.05) is 5.69 Å². The molecule has 1 aromatic heterocycles. The summed E-state index contributed by atoms with van der Waals surface area (Å²) in [5.74, 6) is 0.982. The fourth-order valence-corrected chi connectivity index (χ4v) is 9.51. The zero-order chi connectivity index (χ0) is 35.5. The molecule has 0 atom stereocenters. The predicted molar refractivity (Wildman–Crippen MR) is 230 cm³/mol. The maximum absolute atomic E-state index is 5.02. The molecule has 11 aromatic carbocycles. The fraction of sp³-hybridized carbons (Fsp3) is 0.0192. The summed E-state index contributed by atoms with van der Waals surface area (Å²) < 4.78 is 2.24. The smallest absolute Gasteiger partial charge is 0.111 e. The third-order valence-electron chi connectivity index (χ3n) is 11.8. The van der Waals surface area contributed by atoms with E-state index in [2.05, 4.69) is 187 Å². The summed E-state index contributed by atoms with van der Waals surface area (Å²) >= 11 is 0. The number of rotatable bonds is 3. The number of fused-ring (bicyclic) bond motifs is 4. The van der Waals surface area contributed by atoms with E-state index < -0.39 is 0 Å². The van der Waals surface area contributed by atoms with Crippen LogP contribution in [0.3, 0.4) is 0 Å². The summed E-state index contributed by atoms with van der Waals surface area (Å²) in [4.78, 5) is 5.02. The summed E-state index contributed by atoms with van der Waals surface area (Å²) in [6.45, 7) is 2.08. The van der Waals surface area contributed by atoms with Gasteiger partial charge in [0.2, 0.25) is 0 Å². The van der Waals surface area contributed by atoms with Gasteiger partial charge >= 0.3 is 0 Å². The molecule has 0 amide bonds. The summed E-state index contributed by atoms with van der Waals surface area (Å²) in [5, 5.41) is 18.1. The SMILES string of the molecule is Cc1nc2cc(-c3ccc(-c4cc5ccc6cccc7c8cccc9ccc%10cccc(c(c4)c5c67)c%10c98)c4ccccc34)ccc2n1-c1ccccc1. The fourth-order valence-electron chi connectivity index (χ4n) is 9.51. The van der Waals surface area contributed by atoms with Crippen LogP contribution in [0.4, 0.5) is 0 Å². The van der Waals surface area contributed by atoms with Crippen molar-refractivity contribution in [2.75, 3.05) is 0 Å². The topological polar surface area (TPSA) is 17.8 Å². The Morgan fingerprint density at radius 3 is 1.52 bits per heavy atom. The second-order valence-electron chi connectivity index (χ2n) is 14.7. The van der Waals surface area contributed by atoms with Gasteiger partial charge in [-0.05, 0) is 141 Å². The molecule has 1 heterocycles. The summed E-state index contributed by atoms with van der Waals surface area (Å²) in [6.07, 6.45) is 0. The zero-order valence-electron chi connectivity index (χ0n) is 29.6. The Balaban J connectivity index is 1.13. The first-order chi connectivity index (χ1) is 26.7. The van der Waals surface area contributed by atoms with Gasteiger partial charge in [-0.25, -0.2) is 4.98 Å². The largest absolute Gasteiger partial charge is 0.297 e. The molecule has 0 aliphatic heterocycles. The van der Waals surface area contributed by atoms with Crippen molar-refractivity contribution in [2.45, 2.75) is 6.92 Å². The first-order valence-corrected chi connectivity index (χ1v) is 18.7. The van der Waals surface area contributed by atoms with Crippen molar-refractivity contribution in [2.24, 2.45) is 0 Å². The highest BCUT2D eigenvalue weighted by Crippen LogP contribution is 2.45. The van der Waals surface area contributed by atoms with E-state index in [0.717, 1.165) is 22.5 Å². The standard InChI is InChI=1S/C52H32N2/c1-31-53-47-30-35(24-27-48(47)54(31)38-13-3-2-4-14-38)39-25-26-40(42-16-6-5-15-41(39)42)37-28-36-23-22-34-11-8-18-44-43-17-7-10-32-20-21-33-12-9-19-45(51(33)49(32)43)46(29-37)52(36)50(34)44/h2-30H,1H3. The van der Waals surface area contributed by atoms with Crippen LogP contribution in [0.1, 0.15) is 5.82 Å². The van der Waals surface area contributed by atoms with Crippen molar-refractivity contribution in [3.8, 4) is 27.9 Å². The lowest BCUT2D eigenvalue weighted by Crippen LogP contribution is -1.96. The minimum absolute atomic E-state index is 0.982. The second kappa shape index (κ2) is 11.0. The molecule has 0 unspecified atom stereocenters. The van der Waals surface area contributed by atoms with Gasteiger partial charge in [0.15, 0.2) is 0 Å². The third kappa shape index (κ3) is 4.08. The van der Waals surface area contributed by atoms with E-state index in [0.29, 0.717) is 0 Å². The highest BCUT2D eigenvalue weighted by molar-refractivity contribution is 6.37. The normalized spacial score (nSPS) is 12.2. The molecule has 0 aliphatic rings. The van der Waals surface area contributed by atoms with Crippen LogP contribution >= 0.6 is 0 Å². The van der Waals surface area contributed by atoms with Crippen LogP contribution in [-0.4, -0.2) is 9.55 Å². The molecule has 0 saturated carbocycles. The van der Waals surface area contributed by atoms with Crippen molar-refractivity contribution in [3.05, 3.63) is 182 Å². The molecule has 250 valence electrons. The van der Waals surface area contributed by atoms with Crippen molar-refractivity contribution in [1.82, 2.24) is 9.55 Å². The molecular weight excluding hydrogens is 653 g/mol. The predicted octanol–water partition coefficient (Wildman–Crippen LogP) is 14.2. The summed E-state index contributed by atoms with van der Waals surface area (Å²) in [6, 6.07) is 65.2. The van der Waals surface area contributed by atoms with Gasteiger partial charge in [-0.2, -0.15) is 0 Å². The average Bonchev–Trinajstić information content (AvgIpc) is 3.56. The monoisotopic (exact) mass is 684 g/mol. The molecule has 0 radical (unpaired) electrons.